The number of benzene rings is 1. The van der Waals surface area contributed by atoms with Gasteiger partial charge in [-0.3, -0.25) is 10.1 Å². The van der Waals surface area contributed by atoms with Crippen LogP contribution in [-0.2, 0) is 6.42 Å². The van der Waals surface area contributed by atoms with Gasteiger partial charge in [-0.25, -0.2) is 4.39 Å². The Morgan fingerprint density at radius 1 is 1.62 bits per heavy atom. The molecule has 1 aromatic carbocycles. The van der Waals surface area contributed by atoms with Crippen LogP contribution in [0.3, 0.4) is 0 Å². The number of terminal acetylenes is 1. The van der Waals surface area contributed by atoms with Gasteiger partial charge in [-0.2, -0.15) is 0 Å². The highest BCUT2D eigenvalue weighted by atomic mass is 19.1. The van der Waals surface area contributed by atoms with E-state index in [0.717, 1.165) is 18.2 Å². The highest BCUT2D eigenvalue weighted by molar-refractivity contribution is 5.42. The fraction of sp³-hybridized carbons (Fsp3) is 0.111. The molecule has 4 heteroatoms. The van der Waals surface area contributed by atoms with Gasteiger partial charge >= 0.3 is 0 Å². The molecule has 66 valence electrons. The van der Waals surface area contributed by atoms with Crippen molar-refractivity contribution in [2.24, 2.45) is 0 Å². The third-order valence-electron chi connectivity index (χ3n) is 1.53. The summed E-state index contributed by atoms with van der Waals surface area (Å²) >= 11 is 0. The van der Waals surface area contributed by atoms with Gasteiger partial charge in [-0.15, -0.1) is 12.3 Å². The molecular weight excluding hydrogens is 173 g/mol. The normalized spacial score (nSPS) is 9.23. The average molecular weight is 179 g/mol. The Balaban J connectivity index is 3.20. The Morgan fingerprint density at radius 3 is 2.85 bits per heavy atom. The molecule has 0 saturated carbocycles. The molecule has 0 aliphatic carbocycles. The smallest absolute Gasteiger partial charge is 0.258 e. The largest absolute Gasteiger partial charge is 0.273 e. The second-order valence-corrected chi connectivity index (χ2v) is 2.41. The van der Waals surface area contributed by atoms with Gasteiger partial charge in [-0.05, 0) is 12.1 Å². The van der Waals surface area contributed by atoms with Crippen LogP contribution in [0.15, 0.2) is 18.2 Å². The quantitative estimate of drug-likeness (QED) is 0.395. The number of hydrogen-bond donors (Lipinski definition) is 0. The molecule has 0 aliphatic heterocycles. The van der Waals surface area contributed by atoms with E-state index >= 15 is 0 Å². The van der Waals surface area contributed by atoms with Crippen LogP contribution in [-0.4, -0.2) is 4.92 Å². The Morgan fingerprint density at radius 2 is 2.31 bits per heavy atom. The zero-order valence-corrected chi connectivity index (χ0v) is 6.66. The molecule has 0 unspecified atom stereocenters. The lowest BCUT2D eigenvalue weighted by atomic mass is 10.1. The number of nitro groups is 1. The highest BCUT2D eigenvalue weighted by Gasteiger charge is 2.12. The van der Waals surface area contributed by atoms with E-state index in [0.29, 0.717) is 0 Å². The zero-order valence-electron chi connectivity index (χ0n) is 6.66. The molecule has 13 heavy (non-hydrogen) atoms. The predicted molar refractivity (Wildman–Crippen MR) is 45.6 cm³/mol. The van der Waals surface area contributed by atoms with Crippen LogP contribution >= 0.6 is 0 Å². The number of nitro benzene ring substituents is 1. The predicted octanol–water partition coefficient (Wildman–Crippen LogP) is 1.91. The summed E-state index contributed by atoms with van der Waals surface area (Å²) in [4.78, 5) is 9.85. The molecule has 0 saturated heterocycles. The molecule has 3 nitrogen and oxygen atoms in total. The molecule has 0 aliphatic rings. The van der Waals surface area contributed by atoms with E-state index < -0.39 is 10.7 Å². The van der Waals surface area contributed by atoms with Crippen LogP contribution in [0, 0.1) is 28.3 Å². The molecule has 0 N–H and O–H groups in total. The lowest BCUT2D eigenvalue weighted by Crippen LogP contribution is -1.95. The maximum absolute atomic E-state index is 12.6. The molecule has 0 fully saturated rings. The molecular formula is C9H6FNO2. The minimum atomic E-state index is -0.577. The zero-order chi connectivity index (χ0) is 9.84. The molecule has 0 bridgehead atoms. The van der Waals surface area contributed by atoms with E-state index in [1.807, 2.05) is 0 Å². The van der Waals surface area contributed by atoms with Crippen molar-refractivity contribution in [2.45, 2.75) is 6.42 Å². The first-order chi connectivity index (χ1) is 6.15. The van der Waals surface area contributed by atoms with Gasteiger partial charge in [-0.1, -0.05) is 0 Å². The molecule has 1 rings (SSSR count). The first-order valence-corrected chi connectivity index (χ1v) is 3.51. The summed E-state index contributed by atoms with van der Waals surface area (Å²) in [5.74, 6) is 1.72. The Bertz CT molecular complexity index is 382. The molecule has 0 spiro atoms. The van der Waals surface area contributed by atoms with E-state index in [2.05, 4.69) is 5.92 Å². The van der Waals surface area contributed by atoms with Crippen molar-refractivity contribution >= 4 is 5.69 Å². The van der Waals surface area contributed by atoms with Crippen LogP contribution in [0.1, 0.15) is 5.56 Å². The van der Waals surface area contributed by atoms with E-state index in [-0.39, 0.29) is 17.7 Å². The molecule has 0 heterocycles. The lowest BCUT2D eigenvalue weighted by molar-refractivity contribution is -0.385. The molecule has 0 atom stereocenters. The van der Waals surface area contributed by atoms with E-state index in [9.17, 15) is 14.5 Å². The lowest BCUT2D eigenvalue weighted by Gasteiger charge is -1.97. The number of hydrogen-bond acceptors (Lipinski definition) is 2. The monoisotopic (exact) mass is 179 g/mol. The summed E-state index contributed by atoms with van der Waals surface area (Å²) in [6.45, 7) is 0. The summed E-state index contributed by atoms with van der Waals surface area (Å²) in [6, 6.07) is 3.23. The van der Waals surface area contributed by atoms with E-state index in [4.69, 9.17) is 6.42 Å². The second-order valence-electron chi connectivity index (χ2n) is 2.41. The van der Waals surface area contributed by atoms with E-state index in [1.165, 1.54) is 0 Å². The third-order valence-corrected chi connectivity index (χ3v) is 1.53. The van der Waals surface area contributed by atoms with Crippen molar-refractivity contribution in [1.82, 2.24) is 0 Å². The van der Waals surface area contributed by atoms with Gasteiger partial charge in [0.15, 0.2) is 0 Å². The van der Waals surface area contributed by atoms with Crippen molar-refractivity contribution < 1.29 is 9.31 Å². The van der Waals surface area contributed by atoms with Crippen molar-refractivity contribution in [3.8, 4) is 12.3 Å². The topological polar surface area (TPSA) is 43.1 Å². The van der Waals surface area contributed by atoms with Crippen molar-refractivity contribution in [3.63, 3.8) is 0 Å². The van der Waals surface area contributed by atoms with Crippen LogP contribution in [0.25, 0.3) is 0 Å². The Labute approximate surface area is 74.3 Å². The summed E-state index contributed by atoms with van der Waals surface area (Å²) in [5, 5.41) is 10.4. The summed E-state index contributed by atoms with van der Waals surface area (Å²) in [7, 11) is 0. The summed E-state index contributed by atoms with van der Waals surface area (Å²) in [6.07, 6.45) is 5.05. The van der Waals surface area contributed by atoms with Crippen LogP contribution in [0.5, 0.6) is 0 Å². The summed E-state index contributed by atoms with van der Waals surface area (Å²) in [5.41, 5.74) is 0.0897. The minimum absolute atomic E-state index is 0.0636. The van der Waals surface area contributed by atoms with E-state index in [1.54, 1.807) is 0 Å². The van der Waals surface area contributed by atoms with Gasteiger partial charge in [0.2, 0.25) is 0 Å². The minimum Gasteiger partial charge on any atom is -0.258 e. The van der Waals surface area contributed by atoms with Crippen molar-refractivity contribution in [1.29, 1.82) is 0 Å². The van der Waals surface area contributed by atoms with Gasteiger partial charge in [0.25, 0.3) is 5.69 Å². The first-order valence-electron chi connectivity index (χ1n) is 3.51. The molecule has 0 aromatic heterocycles. The number of halogens is 1. The highest BCUT2D eigenvalue weighted by Crippen LogP contribution is 2.19. The third kappa shape index (κ3) is 2.03. The van der Waals surface area contributed by atoms with Gasteiger partial charge in [0, 0.05) is 18.1 Å². The molecule has 0 radical (unpaired) electrons. The fourth-order valence-corrected chi connectivity index (χ4v) is 0.984. The number of nitrogens with zero attached hydrogens (tertiary/aromatic N) is 1. The average Bonchev–Trinajstić information content (AvgIpc) is 2.04. The number of rotatable bonds is 2. The van der Waals surface area contributed by atoms with Crippen LogP contribution in [0.2, 0.25) is 0 Å². The molecule has 1 aromatic rings. The Kier molecular flexibility index (Phi) is 2.60. The SMILES string of the molecule is C#CCc1cc(F)ccc1[N+](=O)[O-]. The van der Waals surface area contributed by atoms with Crippen molar-refractivity contribution in [3.05, 3.63) is 39.7 Å². The second kappa shape index (κ2) is 3.68. The van der Waals surface area contributed by atoms with Gasteiger partial charge in [0.1, 0.15) is 5.82 Å². The Hall–Kier alpha value is -1.89. The summed E-state index contributed by atoms with van der Waals surface area (Å²) < 4.78 is 12.6. The maximum Gasteiger partial charge on any atom is 0.273 e. The maximum atomic E-state index is 12.6. The van der Waals surface area contributed by atoms with Crippen LogP contribution < -0.4 is 0 Å². The van der Waals surface area contributed by atoms with Gasteiger partial charge in [0.05, 0.1) is 4.92 Å². The van der Waals surface area contributed by atoms with Crippen LogP contribution in [0.4, 0.5) is 10.1 Å². The standard InChI is InChI=1S/C9H6FNO2/c1-2-3-7-6-8(10)4-5-9(7)11(12)13/h1,4-6H,3H2. The first kappa shape index (κ1) is 9.20. The fourth-order valence-electron chi connectivity index (χ4n) is 0.984. The van der Waals surface area contributed by atoms with Gasteiger partial charge < -0.3 is 0 Å². The molecule has 0 amide bonds. The van der Waals surface area contributed by atoms with Crippen molar-refractivity contribution in [2.75, 3.05) is 0 Å².